The Morgan fingerprint density at radius 3 is 2.29 bits per heavy atom. The highest BCUT2D eigenvalue weighted by atomic mass is 79.9. The van der Waals surface area contributed by atoms with Crippen molar-refractivity contribution in [2.75, 3.05) is 0 Å². The number of hydrogen-bond donors (Lipinski definition) is 1. The first-order valence-corrected chi connectivity index (χ1v) is 8.79. The van der Waals surface area contributed by atoms with Crippen molar-refractivity contribution >= 4 is 48.5 Å². The minimum atomic E-state index is 1.10. The minimum absolute atomic E-state index is 1.10. The highest BCUT2D eigenvalue weighted by Crippen LogP contribution is 2.38. The van der Waals surface area contributed by atoms with Gasteiger partial charge in [-0.3, -0.25) is 0 Å². The number of para-hydroxylation sites is 1. The number of H-pyrrole nitrogens is 1. The molecule has 0 spiro atoms. The molecule has 0 aliphatic carbocycles. The molecule has 0 aliphatic heterocycles. The Balaban J connectivity index is 1.95. The predicted octanol–water partition coefficient (Wildman–Crippen LogP) is 6.90. The molecule has 0 saturated carbocycles. The summed E-state index contributed by atoms with van der Waals surface area (Å²) in [6, 6.07) is 27.9. The van der Waals surface area contributed by atoms with Crippen LogP contribution in [0.5, 0.6) is 0 Å². The zero-order chi connectivity index (χ0) is 16.1. The minimum Gasteiger partial charge on any atom is -0.354 e. The number of rotatable bonds is 1. The van der Waals surface area contributed by atoms with Gasteiger partial charge in [0, 0.05) is 26.3 Å². The lowest BCUT2D eigenvalue weighted by atomic mass is 9.96. The molecule has 0 atom stereocenters. The first-order valence-electron chi connectivity index (χ1n) is 7.99. The van der Waals surface area contributed by atoms with Crippen LogP contribution in [-0.4, -0.2) is 4.98 Å². The molecule has 4 aromatic carbocycles. The molecular formula is C22H14BrN. The van der Waals surface area contributed by atoms with Gasteiger partial charge >= 0.3 is 0 Å². The monoisotopic (exact) mass is 371 g/mol. The third-order valence-corrected chi connectivity index (χ3v) is 5.12. The lowest BCUT2D eigenvalue weighted by Gasteiger charge is -2.09. The van der Waals surface area contributed by atoms with Gasteiger partial charge in [-0.1, -0.05) is 76.6 Å². The van der Waals surface area contributed by atoms with Gasteiger partial charge in [0.25, 0.3) is 0 Å². The number of fused-ring (bicyclic) bond motifs is 4. The van der Waals surface area contributed by atoms with Gasteiger partial charge in [-0.15, -0.1) is 0 Å². The van der Waals surface area contributed by atoms with Crippen LogP contribution in [0.25, 0.3) is 43.7 Å². The van der Waals surface area contributed by atoms with E-state index >= 15 is 0 Å². The maximum absolute atomic E-state index is 3.70. The quantitative estimate of drug-likeness (QED) is 0.329. The fraction of sp³-hybridized carbons (Fsp3) is 0. The van der Waals surface area contributed by atoms with Gasteiger partial charge in [0.15, 0.2) is 0 Å². The van der Waals surface area contributed by atoms with Crippen LogP contribution in [0.2, 0.25) is 0 Å². The van der Waals surface area contributed by atoms with Crippen molar-refractivity contribution in [1.82, 2.24) is 4.98 Å². The molecule has 0 bridgehead atoms. The molecule has 5 rings (SSSR count). The second-order valence-electron chi connectivity index (χ2n) is 6.07. The summed E-state index contributed by atoms with van der Waals surface area (Å²) in [6.07, 6.45) is 0. The van der Waals surface area contributed by atoms with Crippen LogP contribution >= 0.6 is 15.9 Å². The maximum atomic E-state index is 3.70. The third-order valence-electron chi connectivity index (χ3n) is 4.66. The molecule has 114 valence electrons. The van der Waals surface area contributed by atoms with Crippen molar-refractivity contribution in [3.8, 4) is 11.1 Å². The molecule has 0 saturated heterocycles. The van der Waals surface area contributed by atoms with E-state index in [4.69, 9.17) is 0 Å². The topological polar surface area (TPSA) is 15.8 Å². The zero-order valence-electron chi connectivity index (χ0n) is 12.9. The van der Waals surface area contributed by atoms with Crippen molar-refractivity contribution in [2.45, 2.75) is 0 Å². The van der Waals surface area contributed by atoms with Crippen molar-refractivity contribution in [3.05, 3.63) is 83.3 Å². The van der Waals surface area contributed by atoms with E-state index in [2.05, 4.69) is 99.8 Å². The van der Waals surface area contributed by atoms with Gasteiger partial charge < -0.3 is 4.98 Å². The molecule has 0 aliphatic rings. The molecule has 5 aromatic rings. The molecule has 2 heteroatoms. The van der Waals surface area contributed by atoms with Crippen LogP contribution in [0, 0.1) is 0 Å². The highest BCUT2D eigenvalue weighted by molar-refractivity contribution is 9.10. The molecule has 0 radical (unpaired) electrons. The largest absolute Gasteiger partial charge is 0.354 e. The summed E-state index contributed by atoms with van der Waals surface area (Å²) in [5.74, 6) is 0. The van der Waals surface area contributed by atoms with Gasteiger partial charge in [-0.05, 0) is 34.5 Å². The lowest BCUT2D eigenvalue weighted by molar-refractivity contribution is 1.53. The van der Waals surface area contributed by atoms with Crippen molar-refractivity contribution in [3.63, 3.8) is 0 Å². The first-order chi connectivity index (χ1) is 11.8. The van der Waals surface area contributed by atoms with Crippen molar-refractivity contribution in [2.24, 2.45) is 0 Å². The fourth-order valence-corrected chi connectivity index (χ4v) is 4.05. The van der Waals surface area contributed by atoms with Gasteiger partial charge in [0.1, 0.15) is 0 Å². The molecule has 0 amide bonds. The molecule has 1 aromatic heterocycles. The lowest BCUT2D eigenvalue weighted by Crippen LogP contribution is -1.84. The molecular weight excluding hydrogens is 358 g/mol. The van der Waals surface area contributed by atoms with E-state index in [1.54, 1.807) is 0 Å². The second kappa shape index (κ2) is 5.22. The van der Waals surface area contributed by atoms with Crippen LogP contribution in [0.15, 0.2) is 83.3 Å². The van der Waals surface area contributed by atoms with Crippen LogP contribution in [0.4, 0.5) is 0 Å². The van der Waals surface area contributed by atoms with E-state index < -0.39 is 0 Å². The Labute approximate surface area is 148 Å². The highest BCUT2D eigenvalue weighted by Gasteiger charge is 2.12. The van der Waals surface area contributed by atoms with E-state index in [0.29, 0.717) is 0 Å². The summed E-state index contributed by atoms with van der Waals surface area (Å²) >= 11 is 3.70. The molecule has 0 fully saturated rings. The third kappa shape index (κ3) is 2.00. The van der Waals surface area contributed by atoms with E-state index in [1.807, 2.05) is 0 Å². The summed E-state index contributed by atoms with van der Waals surface area (Å²) in [5.41, 5.74) is 4.85. The molecule has 1 heterocycles. The summed E-state index contributed by atoms with van der Waals surface area (Å²) in [5, 5.41) is 5.05. The zero-order valence-corrected chi connectivity index (χ0v) is 14.5. The molecule has 24 heavy (non-hydrogen) atoms. The Hall–Kier alpha value is -2.58. The standard InChI is InChI=1S/C22H14BrN/c23-15-12-19(17-10-5-7-14-6-1-2-8-16(14)17)22-20(13-15)18-9-3-4-11-21(18)24-22/h1-13,24H. The number of benzene rings is 4. The van der Waals surface area contributed by atoms with E-state index in [9.17, 15) is 0 Å². The average Bonchev–Trinajstić information content (AvgIpc) is 2.99. The van der Waals surface area contributed by atoms with Crippen LogP contribution in [-0.2, 0) is 0 Å². The first kappa shape index (κ1) is 13.8. The van der Waals surface area contributed by atoms with Gasteiger partial charge in [-0.2, -0.15) is 0 Å². The smallest absolute Gasteiger partial charge is 0.0545 e. The van der Waals surface area contributed by atoms with Crippen molar-refractivity contribution in [1.29, 1.82) is 0 Å². The summed E-state index contributed by atoms with van der Waals surface area (Å²) < 4.78 is 1.10. The summed E-state index contributed by atoms with van der Waals surface area (Å²) in [6.45, 7) is 0. The maximum Gasteiger partial charge on any atom is 0.0545 e. The Morgan fingerprint density at radius 1 is 0.625 bits per heavy atom. The van der Waals surface area contributed by atoms with Gasteiger partial charge in [0.2, 0.25) is 0 Å². The van der Waals surface area contributed by atoms with Crippen molar-refractivity contribution < 1.29 is 0 Å². The van der Waals surface area contributed by atoms with E-state index in [1.165, 1.54) is 43.7 Å². The number of nitrogens with one attached hydrogen (secondary N) is 1. The molecule has 1 nitrogen and oxygen atoms in total. The summed E-state index contributed by atoms with van der Waals surface area (Å²) in [4.78, 5) is 3.62. The summed E-state index contributed by atoms with van der Waals surface area (Å²) in [7, 11) is 0. The predicted molar refractivity (Wildman–Crippen MR) is 106 cm³/mol. The number of aromatic amines is 1. The van der Waals surface area contributed by atoms with E-state index in [-0.39, 0.29) is 0 Å². The normalized spacial score (nSPS) is 11.5. The molecule has 1 N–H and O–H groups in total. The molecule has 0 unspecified atom stereocenters. The van der Waals surface area contributed by atoms with Gasteiger partial charge in [0.05, 0.1) is 5.52 Å². The Morgan fingerprint density at radius 2 is 1.38 bits per heavy atom. The van der Waals surface area contributed by atoms with Crippen LogP contribution < -0.4 is 0 Å². The Kier molecular flexibility index (Phi) is 3.00. The number of aromatic nitrogens is 1. The second-order valence-corrected chi connectivity index (χ2v) is 6.99. The van der Waals surface area contributed by atoms with Crippen LogP contribution in [0.1, 0.15) is 0 Å². The van der Waals surface area contributed by atoms with E-state index in [0.717, 1.165) is 4.47 Å². The fourth-order valence-electron chi connectivity index (χ4n) is 3.59. The van der Waals surface area contributed by atoms with Gasteiger partial charge in [-0.25, -0.2) is 0 Å². The number of hydrogen-bond acceptors (Lipinski definition) is 0. The Bertz CT molecular complexity index is 1210. The number of halogens is 1. The average molecular weight is 372 g/mol. The SMILES string of the molecule is Brc1cc(-c2cccc3ccccc23)c2[nH]c3ccccc3c2c1. The van der Waals surface area contributed by atoms with Crippen LogP contribution in [0.3, 0.4) is 0 Å².